The van der Waals surface area contributed by atoms with Gasteiger partial charge in [0.05, 0.1) is 19.3 Å². The molecule has 0 radical (unpaired) electrons. The Bertz CT molecular complexity index is 374. The molecule has 5 heteroatoms. The fourth-order valence-electron chi connectivity index (χ4n) is 2.27. The van der Waals surface area contributed by atoms with Gasteiger partial charge in [0.25, 0.3) is 0 Å². The molecule has 2 heterocycles. The summed E-state index contributed by atoms with van der Waals surface area (Å²) in [6.45, 7) is 5.04. The van der Waals surface area contributed by atoms with Crippen molar-refractivity contribution in [2.24, 2.45) is 0 Å². The Hall–Kier alpha value is -0.910. The zero-order valence-corrected chi connectivity index (χ0v) is 12.2. The molecule has 1 atom stereocenters. The SMILES string of the molecule is CCOC(=O)CN(Cc1cccs1)C[C@H]1CCCO1. The van der Waals surface area contributed by atoms with E-state index in [1.54, 1.807) is 11.3 Å². The van der Waals surface area contributed by atoms with Crippen LogP contribution in [0.4, 0.5) is 0 Å². The molecule has 4 nitrogen and oxygen atoms in total. The van der Waals surface area contributed by atoms with Crippen molar-refractivity contribution in [3.8, 4) is 0 Å². The highest BCUT2D eigenvalue weighted by Crippen LogP contribution is 2.17. The Balaban J connectivity index is 1.89. The second-order valence-corrected chi connectivity index (χ2v) is 5.72. The van der Waals surface area contributed by atoms with E-state index in [9.17, 15) is 4.79 Å². The molecule has 0 unspecified atom stereocenters. The van der Waals surface area contributed by atoms with Gasteiger partial charge in [0, 0.05) is 24.6 Å². The molecular weight excluding hydrogens is 262 g/mol. The number of esters is 1. The van der Waals surface area contributed by atoms with E-state index in [-0.39, 0.29) is 12.1 Å². The van der Waals surface area contributed by atoms with Crippen LogP contribution < -0.4 is 0 Å². The van der Waals surface area contributed by atoms with Crippen molar-refractivity contribution >= 4 is 17.3 Å². The van der Waals surface area contributed by atoms with E-state index >= 15 is 0 Å². The highest BCUT2D eigenvalue weighted by Gasteiger charge is 2.21. The first-order valence-corrected chi connectivity index (χ1v) is 7.68. The molecule has 1 aliphatic heterocycles. The number of ether oxygens (including phenoxy) is 2. The van der Waals surface area contributed by atoms with Crippen LogP contribution in [0.1, 0.15) is 24.6 Å². The Morgan fingerprint density at radius 3 is 3.16 bits per heavy atom. The normalized spacial score (nSPS) is 18.9. The molecule has 1 aliphatic rings. The first-order chi connectivity index (χ1) is 9.28. The lowest BCUT2D eigenvalue weighted by Crippen LogP contribution is -2.36. The maximum Gasteiger partial charge on any atom is 0.320 e. The van der Waals surface area contributed by atoms with Crippen molar-refractivity contribution in [3.63, 3.8) is 0 Å². The number of carbonyl (C=O) groups is 1. The standard InChI is InChI=1S/C14H21NO3S/c1-2-17-14(16)11-15(9-12-5-3-7-18-12)10-13-6-4-8-19-13/h4,6,8,12H,2-3,5,7,9-11H2,1H3/t12-/m1/s1. The smallest absolute Gasteiger partial charge is 0.320 e. The van der Waals surface area contributed by atoms with E-state index in [4.69, 9.17) is 9.47 Å². The summed E-state index contributed by atoms with van der Waals surface area (Å²) in [5.74, 6) is -0.156. The zero-order valence-electron chi connectivity index (χ0n) is 11.3. The topological polar surface area (TPSA) is 38.8 Å². The van der Waals surface area contributed by atoms with Crippen LogP contribution in [0.3, 0.4) is 0 Å². The van der Waals surface area contributed by atoms with Crippen molar-refractivity contribution in [1.29, 1.82) is 0 Å². The number of hydrogen-bond donors (Lipinski definition) is 0. The Morgan fingerprint density at radius 1 is 1.63 bits per heavy atom. The highest BCUT2D eigenvalue weighted by atomic mass is 32.1. The van der Waals surface area contributed by atoms with Crippen LogP contribution in [0, 0.1) is 0 Å². The molecule has 0 aliphatic carbocycles. The van der Waals surface area contributed by atoms with Gasteiger partial charge in [-0.2, -0.15) is 0 Å². The first-order valence-electron chi connectivity index (χ1n) is 6.80. The van der Waals surface area contributed by atoms with E-state index in [2.05, 4.69) is 16.3 Å². The Morgan fingerprint density at radius 2 is 2.53 bits per heavy atom. The van der Waals surface area contributed by atoms with Gasteiger partial charge in [-0.15, -0.1) is 11.3 Å². The first kappa shape index (κ1) is 14.5. The van der Waals surface area contributed by atoms with Crippen LogP contribution in [-0.2, 0) is 20.8 Å². The van der Waals surface area contributed by atoms with Gasteiger partial charge >= 0.3 is 5.97 Å². The molecule has 1 aromatic heterocycles. The molecule has 0 bridgehead atoms. The summed E-state index contributed by atoms with van der Waals surface area (Å²) >= 11 is 1.72. The summed E-state index contributed by atoms with van der Waals surface area (Å²) < 4.78 is 10.7. The molecule has 0 saturated carbocycles. The predicted octanol–water partition coefficient (Wildman–Crippen LogP) is 2.29. The molecule has 0 N–H and O–H groups in total. The van der Waals surface area contributed by atoms with Gasteiger partial charge in [-0.05, 0) is 31.2 Å². The second-order valence-electron chi connectivity index (χ2n) is 4.69. The van der Waals surface area contributed by atoms with Crippen LogP contribution in [0.15, 0.2) is 17.5 Å². The van der Waals surface area contributed by atoms with Gasteiger partial charge in [0.15, 0.2) is 0 Å². The van der Waals surface area contributed by atoms with Crippen molar-refractivity contribution in [3.05, 3.63) is 22.4 Å². The number of thiophene rings is 1. The zero-order chi connectivity index (χ0) is 13.5. The van der Waals surface area contributed by atoms with Gasteiger partial charge in [-0.3, -0.25) is 9.69 Å². The maximum absolute atomic E-state index is 11.7. The molecular formula is C14H21NO3S. The van der Waals surface area contributed by atoms with Gasteiger partial charge in [-0.1, -0.05) is 6.07 Å². The largest absolute Gasteiger partial charge is 0.465 e. The Labute approximate surface area is 118 Å². The molecule has 1 fully saturated rings. The predicted molar refractivity (Wildman–Crippen MR) is 75.2 cm³/mol. The van der Waals surface area contributed by atoms with Crippen LogP contribution >= 0.6 is 11.3 Å². The van der Waals surface area contributed by atoms with Crippen molar-refractivity contribution in [1.82, 2.24) is 4.90 Å². The molecule has 0 amide bonds. The lowest BCUT2D eigenvalue weighted by molar-refractivity contribution is -0.144. The van der Waals surface area contributed by atoms with E-state index in [1.165, 1.54) is 4.88 Å². The van der Waals surface area contributed by atoms with Gasteiger partial charge in [0.1, 0.15) is 0 Å². The van der Waals surface area contributed by atoms with Crippen molar-refractivity contribution in [2.45, 2.75) is 32.4 Å². The fraction of sp³-hybridized carbons (Fsp3) is 0.643. The summed E-state index contributed by atoms with van der Waals surface area (Å²) in [5.41, 5.74) is 0. The highest BCUT2D eigenvalue weighted by molar-refractivity contribution is 7.09. The summed E-state index contributed by atoms with van der Waals surface area (Å²) in [7, 11) is 0. The third-order valence-corrected chi connectivity index (χ3v) is 3.96. The number of hydrogen-bond acceptors (Lipinski definition) is 5. The quantitative estimate of drug-likeness (QED) is 0.720. The maximum atomic E-state index is 11.7. The lowest BCUT2D eigenvalue weighted by atomic mass is 10.2. The van der Waals surface area contributed by atoms with E-state index < -0.39 is 0 Å². The van der Waals surface area contributed by atoms with Crippen LogP contribution in [0.5, 0.6) is 0 Å². The molecule has 19 heavy (non-hydrogen) atoms. The second kappa shape index (κ2) is 7.62. The lowest BCUT2D eigenvalue weighted by Gasteiger charge is -2.23. The minimum atomic E-state index is -0.156. The van der Waals surface area contributed by atoms with Gasteiger partial charge < -0.3 is 9.47 Å². The van der Waals surface area contributed by atoms with Gasteiger partial charge in [-0.25, -0.2) is 0 Å². The van der Waals surface area contributed by atoms with E-state index in [0.717, 1.165) is 32.5 Å². The minimum Gasteiger partial charge on any atom is -0.465 e. The average molecular weight is 283 g/mol. The number of nitrogens with zero attached hydrogens (tertiary/aromatic N) is 1. The monoisotopic (exact) mass is 283 g/mol. The molecule has 0 spiro atoms. The number of carbonyl (C=O) groups excluding carboxylic acids is 1. The van der Waals surface area contributed by atoms with Crippen molar-refractivity contribution < 1.29 is 14.3 Å². The third kappa shape index (κ3) is 4.93. The summed E-state index contributed by atoms with van der Waals surface area (Å²) in [5, 5.41) is 2.06. The summed E-state index contributed by atoms with van der Waals surface area (Å²) in [6, 6.07) is 4.13. The van der Waals surface area contributed by atoms with E-state index in [1.807, 2.05) is 13.0 Å². The number of rotatable bonds is 7. The van der Waals surface area contributed by atoms with Crippen LogP contribution in [0.25, 0.3) is 0 Å². The van der Waals surface area contributed by atoms with Crippen LogP contribution in [0.2, 0.25) is 0 Å². The van der Waals surface area contributed by atoms with Crippen molar-refractivity contribution in [2.75, 3.05) is 26.3 Å². The van der Waals surface area contributed by atoms with E-state index in [0.29, 0.717) is 13.2 Å². The van der Waals surface area contributed by atoms with Gasteiger partial charge in [0.2, 0.25) is 0 Å². The summed E-state index contributed by atoms with van der Waals surface area (Å²) in [6.07, 6.45) is 2.47. The molecule has 1 saturated heterocycles. The minimum absolute atomic E-state index is 0.156. The summed E-state index contributed by atoms with van der Waals surface area (Å²) in [4.78, 5) is 15.0. The van der Waals surface area contributed by atoms with Crippen LogP contribution in [-0.4, -0.2) is 43.3 Å². The molecule has 2 rings (SSSR count). The average Bonchev–Trinajstić information content (AvgIpc) is 3.02. The Kier molecular flexibility index (Phi) is 5.82. The molecule has 1 aromatic rings. The molecule has 0 aromatic carbocycles. The molecule has 106 valence electrons. The third-order valence-electron chi connectivity index (χ3n) is 3.10. The fourth-order valence-corrected chi connectivity index (χ4v) is 3.02.